The molecule has 0 aromatic carbocycles. The lowest BCUT2D eigenvalue weighted by atomic mass is 10.1. The van der Waals surface area contributed by atoms with Crippen LogP contribution in [-0.2, 0) is 16.2 Å². The molecule has 2 aromatic rings. The van der Waals surface area contributed by atoms with Crippen molar-refractivity contribution in [2.24, 2.45) is 0 Å². The number of nitrogens with one attached hydrogen (secondary N) is 2. The Hall–Kier alpha value is -1.90. The number of alkyl halides is 3. The van der Waals surface area contributed by atoms with E-state index in [2.05, 4.69) is 25.6 Å². The second-order valence-corrected chi connectivity index (χ2v) is 10.6. The zero-order valence-electron chi connectivity index (χ0n) is 16.4. The van der Waals surface area contributed by atoms with Gasteiger partial charge in [-0.1, -0.05) is 0 Å². The second-order valence-electron chi connectivity index (χ2n) is 7.55. The van der Waals surface area contributed by atoms with Crippen LogP contribution in [0.1, 0.15) is 29.5 Å². The molecule has 2 aromatic heterocycles. The first-order valence-electron chi connectivity index (χ1n) is 9.55. The summed E-state index contributed by atoms with van der Waals surface area (Å²) in [5.41, 5.74) is -1.60. The highest BCUT2D eigenvalue weighted by molar-refractivity contribution is 7.88. The van der Waals surface area contributed by atoms with E-state index in [0.29, 0.717) is 44.0 Å². The van der Waals surface area contributed by atoms with Crippen LogP contribution >= 0.6 is 11.3 Å². The number of piperidine rings is 1. The van der Waals surface area contributed by atoms with Crippen molar-refractivity contribution in [3.8, 4) is 10.6 Å². The minimum Gasteiger partial charge on any atom is -0.351 e. The van der Waals surface area contributed by atoms with Gasteiger partial charge in [-0.05, 0) is 12.8 Å². The third-order valence-electron chi connectivity index (χ3n) is 5.26. The highest BCUT2D eigenvalue weighted by Crippen LogP contribution is 2.42. The van der Waals surface area contributed by atoms with Crippen LogP contribution in [0.15, 0.2) is 6.20 Å². The zero-order chi connectivity index (χ0) is 22.4. The minimum atomic E-state index is -4.75. The number of anilines is 1. The van der Waals surface area contributed by atoms with Crippen LogP contribution in [0.5, 0.6) is 0 Å². The number of hydrogen-bond donors (Lipinski definition) is 2. The number of nitrogens with zero attached hydrogens (tertiary/aromatic N) is 4. The van der Waals surface area contributed by atoms with E-state index in [9.17, 15) is 26.0 Å². The van der Waals surface area contributed by atoms with Gasteiger partial charge in [0.1, 0.15) is 5.69 Å². The van der Waals surface area contributed by atoms with Crippen molar-refractivity contribution in [3.05, 3.63) is 22.7 Å². The van der Waals surface area contributed by atoms with Gasteiger partial charge in [0.25, 0.3) is 0 Å². The number of aromatic nitrogens is 3. The summed E-state index contributed by atoms with van der Waals surface area (Å²) in [7, 11) is -3.28. The summed E-state index contributed by atoms with van der Waals surface area (Å²) in [5.74, 6) is -1.12. The Morgan fingerprint density at radius 1 is 1.23 bits per heavy atom. The van der Waals surface area contributed by atoms with Gasteiger partial charge in [0.15, 0.2) is 11.5 Å². The van der Waals surface area contributed by atoms with E-state index < -0.39 is 33.4 Å². The SMILES string of the molecule is CS(=O)(=O)N1CCC(Nc2ncc(F)c(-c3sc(C4CNC4)nc3C(F)(F)F)n2)CC1. The molecular formula is C17H20F4N6O2S2. The lowest BCUT2D eigenvalue weighted by molar-refractivity contribution is -0.140. The first kappa shape index (κ1) is 22.3. The molecule has 2 N–H and O–H groups in total. The lowest BCUT2D eigenvalue weighted by Crippen LogP contribution is -2.42. The second kappa shape index (κ2) is 8.22. The molecule has 0 aliphatic carbocycles. The van der Waals surface area contributed by atoms with Gasteiger partial charge >= 0.3 is 6.18 Å². The number of thiazole rings is 1. The summed E-state index contributed by atoms with van der Waals surface area (Å²) in [6.45, 7) is 1.65. The molecule has 0 radical (unpaired) electrons. The third-order valence-corrected chi connectivity index (χ3v) is 7.79. The molecule has 2 saturated heterocycles. The Kier molecular flexibility index (Phi) is 5.91. The molecule has 2 fully saturated rings. The number of sulfonamides is 1. The van der Waals surface area contributed by atoms with E-state index in [1.54, 1.807) is 0 Å². The number of rotatable bonds is 5. The van der Waals surface area contributed by atoms with E-state index in [1.165, 1.54) is 4.31 Å². The van der Waals surface area contributed by atoms with Crippen LogP contribution < -0.4 is 10.6 Å². The molecule has 0 spiro atoms. The fraction of sp³-hybridized carbons (Fsp3) is 0.588. The summed E-state index contributed by atoms with van der Waals surface area (Å²) < 4.78 is 79.7. The molecule has 0 amide bonds. The normalized spacial score (nSPS) is 19.4. The highest BCUT2D eigenvalue weighted by Gasteiger charge is 2.40. The molecule has 0 unspecified atom stereocenters. The number of hydrogen-bond acceptors (Lipinski definition) is 8. The van der Waals surface area contributed by atoms with Gasteiger partial charge in [-0.25, -0.2) is 32.1 Å². The van der Waals surface area contributed by atoms with E-state index in [4.69, 9.17) is 0 Å². The average molecular weight is 481 g/mol. The van der Waals surface area contributed by atoms with Gasteiger partial charge < -0.3 is 10.6 Å². The molecule has 4 rings (SSSR count). The molecule has 2 aliphatic rings. The minimum absolute atomic E-state index is 0.0115. The van der Waals surface area contributed by atoms with Crippen molar-refractivity contribution in [3.63, 3.8) is 0 Å². The Morgan fingerprint density at radius 2 is 1.90 bits per heavy atom. The van der Waals surface area contributed by atoms with Gasteiger partial charge in [0.2, 0.25) is 16.0 Å². The zero-order valence-corrected chi connectivity index (χ0v) is 18.0. The fourth-order valence-corrected chi connectivity index (χ4v) is 5.49. The van der Waals surface area contributed by atoms with Crippen molar-refractivity contribution < 1.29 is 26.0 Å². The van der Waals surface area contributed by atoms with Crippen LogP contribution in [-0.4, -0.2) is 66.2 Å². The maximum atomic E-state index is 14.5. The summed E-state index contributed by atoms with van der Waals surface area (Å²) in [6, 6.07) is -0.184. The monoisotopic (exact) mass is 480 g/mol. The molecule has 0 atom stereocenters. The average Bonchev–Trinajstić information content (AvgIpc) is 3.06. The smallest absolute Gasteiger partial charge is 0.351 e. The van der Waals surface area contributed by atoms with Crippen molar-refractivity contribution >= 4 is 27.3 Å². The van der Waals surface area contributed by atoms with E-state index >= 15 is 0 Å². The quantitative estimate of drug-likeness (QED) is 0.634. The molecule has 8 nitrogen and oxygen atoms in total. The van der Waals surface area contributed by atoms with Crippen LogP contribution in [0.25, 0.3) is 10.6 Å². The molecule has 14 heteroatoms. The molecule has 0 bridgehead atoms. The Bertz CT molecular complexity index is 1060. The van der Waals surface area contributed by atoms with Crippen LogP contribution in [0.2, 0.25) is 0 Å². The predicted octanol–water partition coefficient (Wildman–Crippen LogP) is 2.28. The number of halogens is 4. The van der Waals surface area contributed by atoms with Crippen molar-refractivity contribution in [1.82, 2.24) is 24.6 Å². The van der Waals surface area contributed by atoms with E-state index in [1.807, 2.05) is 0 Å². The summed E-state index contributed by atoms with van der Waals surface area (Å²) in [6.07, 6.45) is -1.84. The topological polar surface area (TPSA) is 100 Å². The summed E-state index contributed by atoms with van der Waals surface area (Å²) >= 11 is 0.793. The van der Waals surface area contributed by atoms with E-state index in [-0.39, 0.29) is 22.8 Å². The molecular weight excluding hydrogens is 460 g/mol. The Labute approximate surface area is 180 Å². The van der Waals surface area contributed by atoms with Crippen LogP contribution in [0.3, 0.4) is 0 Å². The Balaban J connectivity index is 1.58. The van der Waals surface area contributed by atoms with Gasteiger partial charge in [0.05, 0.1) is 22.3 Å². The van der Waals surface area contributed by atoms with E-state index in [0.717, 1.165) is 23.8 Å². The molecule has 31 heavy (non-hydrogen) atoms. The van der Waals surface area contributed by atoms with Gasteiger partial charge in [-0.15, -0.1) is 11.3 Å². The molecule has 170 valence electrons. The third kappa shape index (κ3) is 4.81. The molecule has 0 saturated carbocycles. The lowest BCUT2D eigenvalue weighted by Gasteiger charge is -2.30. The predicted molar refractivity (Wildman–Crippen MR) is 107 cm³/mol. The van der Waals surface area contributed by atoms with Crippen molar-refractivity contribution in [2.45, 2.75) is 31.0 Å². The van der Waals surface area contributed by atoms with Crippen molar-refractivity contribution in [2.75, 3.05) is 37.8 Å². The Morgan fingerprint density at radius 3 is 2.45 bits per heavy atom. The van der Waals surface area contributed by atoms with Gasteiger partial charge in [-0.2, -0.15) is 13.2 Å². The largest absolute Gasteiger partial charge is 0.434 e. The summed E-state index contributed by atoms with van der Waals surface area (Å²) in [5, 5.41) is 6.26. The molecule has 4 heterocycles. The summed E-state index contributed by atoms with van der Waals surface area (Å²) in [4.78, 5) is 11.2. The van der Waals surface area contributed by atoms with Crippen molar-refractivity contribution in [1.29, 1.82) is 0 Å². The first-order chi connectivity index (χ1) is 14.5. The first-order valence-corrected chi connectivity index (χ1v) is 12.2. The maximum Gasteiger partial charge on any atom is 0.434 e. The van der Waals surface area contributed by atoms with Gasteiger partial charge in [-0.3, -0.25) is 0 Å². The fourth-order valence-electron chi connectivity index (χ4n) is 3.44. The highest BCUT2D eigenvalue weighted by atomic mass is 32.2. The standard InChI is InChI=1S/C17H20F4N6O2S2/c1-31(28,29)27-4-2-10(3-5-27)24-16-23-8-11(18)12(25-16)13-14(17(19,20)21)26-15(30-13)9-6-22-7-9/h8-10,22H,2-7H2,1H3,(H,23,24,25). The van der Waals surface area contributed by atoms with Gasteiger partial charge in [0, 0.05) is 38.1 Å². The van der Waals surface area contributed by atoms with Crippen LogP contribution in [0, 0.1) is 5.82 Å². The molecule has 2 aliphatic heterocycles. The van der Waals surface area contributed by atoms with Crippen LogP contribution in [0.4, 0.5) is 23.5 Å². The maximum absolute atomic E-state index is 14.5.